The summed E-state index contributed by atoms with van der Waals surface area (Å²) >= 11 is 5.64. The molecule has 2 bridgehead atoms. The highest BCUT2D eigenvalue weighted by Gasteiger charge is 2.69. The van der Waals surface area contributed by atoms with Crippen LogP contribution < -0.4 is 26.0 Å². The molecule has 4 fully saturated rings. The zero-order chi connectivity index (χ0) is 22.8. The molecule has 10 heteroatoms. The van der Waals surface area contributed by atoms with Crippen molar-refractivity contribution >= 4 is 23.4 Å². The summed E-state index contributed by atoms with van der Waals surface area (Å²) in [6.45, 7) is 1.90. The van der Waals surface area contributed by atoms with Crippen LogP contribution in [0.3, 0.4) is 0 Å². The van der Waals surface area contributed by atoms with E-state index in [-0.39, 0.29) is 46.3 Å². The first-order valence-corrected chi connectivity index (χ1v) is 11.4. The summed E-state index contributed by atoms with van der Waals surface area (Å²) in [4.78, 5) is 24.9. The summed E-state index contributed by atoms with van der Waals surface area (Å²) in [5.74, 6) is -0.609. The predicted molar refractivity (Wildman–Crippen MR) is 117 cm³/mol. The molecule has 0 spiro atoms. The van der Waals surface area contributed by atoms with Gasteiger partial charge in [0.25, 0.3) is 5.91 Å². The van der Waals surface area contributed by atoms with Gasteiger partial charge in [-0.1, -0.05) is 11.6 Å². The number of hydrogen-bond acceptors (Lipinski definition) is 6. The summed E-state index contributed by atoms with van der Waals surface area (Å²) in [5, 5.41) is 12.9. The second kappa shape index (κ2) is 9.51. The third-order valence-corrected chi connectivity index (χ3v) is 6.83. The van der Waals surface area contributed by atoms with Crippen LogP contribution >= 0.6 is 11.6 Å². The first kappa shape index (κ1) is 23.2. The van der Waals surface area contributed by atoms with Crippen LogP contribution in [0.4, 0.5) is 4.39 Å². The minimum Gasteiger partial charge on any atom is -0.484 e. The second-order valence-corrected chi connectivity index (χ2v) is 9.60. The molecule has 1 aliphatic heterocycles. The second-order valence-electron chi connectivity index (χ2n) is 9.19. The molecule has 176 valence electrons. The topological polar surface area (TPSA) is 101 Å². The molecule has 1 heterocycles. The fourth-order valence-electron chi connectivity index (χ4n) is 5.03. The van der Waals surface area contributed by atoms with Gasteiger partial charge in [-0.15, -0.1) is 0 Å². The number of ether oxygens (including phenoxy) is 2. The van der Waals surface area contributed by atoms with Crippen LogP contribution in [0, 0.1) is 5.82 Å². The molecular weight excluding hydrogens is 439 g/mol. The summed E-state index contributed by atoms with van der Waals surface area (Å²) < 4.78 is 23.9. The summed E-state index contributed by atoms with van der Waals surface area (Å²) in [7, 11) is 1.70. The van der Waals surface area contributed by atoms with Crippen LogP contribution in [0.15, 0.2) is 18.2 Å². The lowest BCUT2D eigenvalue weighted by Gasteiger charge is -2.70. The van der Waals surface area contributed by atoms with Gasteiger partial charge in [-0.25, -0.2) is 4.39 Å². The highest BCUT2D eigenvalue weighted by Crippen LogP contribution is 2.60. The van der Waals surface area contributed by atoms with E-state index in [2.05, 4.69) is 21.3 Å². The number of methoxy groups -OCH3 is 1. The monoisotopic (exact) mass is 468 g/mol. The molecule has 1 aromatic carbocycles. The number of halogens is 2. The highest BCUT2D eigenvalue weighted by atomic mass is 35.5. The van der Waals surface area contributed by atoms with Gasteiger partial charge in [0.05, 0.1) is 11.1 Å². The van der Waals surface area contributed by atoms with Crippen molar-refractivity contribution in [2.45, 2.75) is 55.3 Å². The minimum atomic E-state index is -0.592. The number of rotatable bonds is 10. The van der Waals surface area contributed by atoms with Crippen molar-refractivity contribution in [2.75, 3.05) is 33.4 Å². The first-order chi connectivity index (χ1) is 15.3. The normalized spacial score (nSPS) is 30.6. The average Bonchev–Trinajstić information content (AvgIpc) is 2.73. The van der Waals surface area contributed by atoms with E-state index in [1.54, 1.807) is 7.11 Å². The molecule has 1 saturated heterocycles. The van der Waals surface area contributed by atoms with Gasteiger partial charge < -0.3 is 30.7 Å². The Morgan fingerprint density at radius 2 is 1.94 bits per heavy atom. The standard InChI is InChI=1S/C22H30ClFN4O4/c1-31-6-2-3-14-8-26-18(9-25-14)20(30)28-22-11-21(12-22,13-22)27-19(29)10-32-15-4-5-16(23)17(24)7-15/h4-5,7,14,18,25-26H,2-3,6,8-13H2,1H3,(H,27,29)(H,28,30). The van der Waals surface area contributed by atoms with E-state index < -0.39 is 5.82 Å². The molecule has 2 amide bonds. The van der Waals surface area contributed by atoms with Gasteiger partial charge in [0.1, 0.15) is 11.6 Å². The quantitative estimate of drug-likeness (QED) is 0.384. The Kier molecular flexibility index (Phi) is 6.90. The Hall–Kier alpha value is -1.94. The Morgan fingerprint density at radius 1 is 1.19 bits per heavy atom. The van der Waals surface area contributed by atoms with E-state index in [4.69, 9.17) is 21.1 Å². The molecule has 4 N–H and O–H groups in total. The predicted octanol–water partition coefficient (Wildman–Crippen LogP) is 1.12. The van der Waals surface area contributed by atoms with E-state index in [0.29, 0.717) is 31.8 Å². The largest absolute Gasteiger partial charge is 0.484 e. The maximum atomic E-state index is 13.4. The molecule has 2 unspecified atom stereocenters. The maximum Gasteiger partial charge on any atom is 0.258 e. The van der Waals surface area contributed by atoms with Gasteiger partial charge in [0, 0.05) is 50.0 Å². The van der Waals surface area contributed by atoms with Gasteiger partial charge in [-0.05, 0) is 44.2 Å². The zero-order valence-electron chi connectivity index (χ0n) is 18.1. The van der Waals surface area contributed by atoms with E-state index in [1.165, 1.54) is 12.1 Å². The van der Waals surface area contributed by atoms with Crippen molar-refractivity contribution in [2.24, 2.45) is 0 Å². The Bertz CT molecular complexity index is 843. The van der Waals surface area contributed by atoms with Gasteiger partial charge in [-0.3, -0.25) is 9.59 Å². The van der Waals surface area contributed by atoms with Crippen molar-refractivity contribution < 1.29 is 23.5 Å². The maximum absolute atomic E-state index is 13.4. The Balaban J connectivity index is 1.14. The van der Waals surface area contributed by atoms with Crippen molar-refractivity contribution in [3.63, 3.8) is 0 Å². The molecule has 3 aliphatic carbocycles. The van der Waals surface area contributed by atoms with Crippen molar-refractivity contribution in [3.8, 4) is 5.75 Å². The molecule has 3 saturated carbocycles. The molecule has 1 aromatic rings. The van der Waals surface area contributed by atoms with Crippen molar-refractivity contribution in [1.82, 2.24) is 21.3 Å². The van der Waals surface area contributed by atoms with E-state index in [9.17, 15) is 14.0 Å². The van der Waals surface area contributed by atoms with Crippen LogP contribution in [-0.2, 0) is 14.3 Å². The molecule has 32 heavy (non-hydrogen) atoms. The lowest BCUT2D eigenvalue weighted by molar-refractivity contribution is -0.151. The Labute approximate surface area is 191 Å². The fraction of sp³-hybridized carbons (Fsp3) is 0.636. The van der Waals surface area contributed by atoms with Crippen LogP contribution in [-0.4, -0.2) is 68.4 Å². The van der Waals surface area contributed by atoms with Gasteiger partial charge in [-0.2, -0.15) is 0 Å². The van der Waals surface area contributed by atoms with Crippen LogP contribution in [0.2, 0.25) is 5.02 Å². The number of piperazine rings is 1. The number of carbonyl (C=O) groups is 2. The molecule has 5 rings (SSSR count). The summed E-state index contributed by atoms with van der Waals surface area (Å²) in [6.07, 6.45) is 4.15. The van der Waals surface area contributed by atoms with Crippen molar-refractivity contribution in [1.29, 1.82) is 0 Å². The molecule has 8 nitrogen and oxygen atoms in total. The van der Waals surface area contributed by atoms with Crippen molar-refractivity contribution in [3.05, 3.63) is 29.0 Å². The lowest BCUT2D eigenvalue weighted by Crippen LogP contribution is -2.84. The fourth-order valence-corrected chi connectivity index (χ4v) is 5.14. The number of amides is 2. The lowest BCUT2D eigenvalue weighted by atomic mass is 9.44. The highest BCUT2D eigenvalue weighted by molar-refractivity contribution is 6.30. The Morgan fingerprint density at radius 3 is 2.59 bits per heavy atom. The van der Waals surface area contributed by atoms with E-state index in [1.807, 2.05) is 0 Å². The number of carbonyl (C=O) groups excluding carboxylic acids is 2. The molecule has 4 aliphatic rings. The summed E-state index contributed by atoms with van der Waals surface area (Å²) in [6, 6.07) is 4.16. The third-order valence-electron chi connectivity index (χ3n) is 6.52. The van der Waals surface area contributed by atoms with Crippen LogP contribution in [0.25, 0.3) is 0 Å². The van der Waals surface area contributed by atoms with Gasteiger partial charge >= 0.3 is 0 Å². The van der Waals surface area contributed by atoms with Gasteiger partial charge in [0.2, 0.25) is 5.91 Å². The van der Waals surface area contributed by atoms with E-state index >= 15 is 0 Å². The van der Waals surface area contributed by atoms with Crippen LogP contribution in [0.1, 0.15) is 32.1 Å². The summed E-state index contributed by atoms with van der Waals surface area (Å²) in [5.41, 5.74) is -0.495. The first-order valence-electron chi connectivity index (χ1n) is 11.0. The molecule has 0 radical (unpaired) electrons. The van der Waals surface area contributed by atoms with Crippen LogP contribution in [0.5, 0.6) is 5.75 Å². The number of nitrogens with one attached hydrogen (secondary N) is 4. The molecule has 0 aromatic heterocycles. The minimum absolute atomic E-state index is 0.000524. The zero-order valence-corrected chi connectivity index (χ0v) is 18.9. The van der Waals surface area contributed by atoms with Gasteiger partial charge in [0.15, 0.2) is 6.61 Å². The SMILES string of the molecule is COCCCC1CNC(C(=O)NC23CC(NC(=O)COc4ccc(Cl)c(F)c4)(C2)C3)CN1. The number of hydrogen-bond donors (Lipinski definition) is 4. The number of benzene rings is 1. The smallest absolute Gasteiger partial charge is 0.258 e. The third kappa shape index (κ3) is 5.17. The van der Waals surface area contributed by atoms with E-state index in [0.717, 1.165) is 32.1 Å². The molecular formula is C22H30ClFN4O4. The average molecular weight is 469 g/mol. The molecule has 2 atom stereocenters.